The maximum absolute atomic E-state index is 12.5. The van der Waals surface area contributed by atoms with E-state index in [1.807, 2.05) is 4.90 Å². The highest BCUT2D eigenvalue weighted by Gasteiger charge is 2.26. The van der Waals surface area contributed by atoms with Gasteiger partial charge in [-0.2, -0.15) is 0 Å². The van der Waals surface area contributed by atoms with Crippen molar-refractivity contribution in [3.8, 4) is 0 Å². The van der Waals surface area contributed by atoms with Gasteiger partial charge < -0.3 is 14.5 Å². The number of amides is 1. The van der Waals surface area contributed by atoms with Gasteiger partial charge in [0.2, 0.25) is 5.91 Å². The lowest BCUT2D eigenvalue weighted by atomic mass is 9.93. The first-order valence-electron chi connectivity index (χ1n) is 9.58. The molecule has 5 nitrogen and oxygen atoms in total. The highest BCUT2D eigenvalue weighted by molar-refractivity contribution is 7.22. The fraction of sp³-hybridized carbons (Fsp3) is 0.600. The molecule has 0 N–H and O–H groups in total. The maximum atomic E-state index is 12.5. The fourth-order valence-corrected chi connectivity index (χ4v) is 5.20. The summed E-state index contributed by atoms with van der Waals surface area (Å²) >= 11 is 1.80. The van der Waals surface area contributed by atoms with Crippen LogP contribution in [0.5, 0.6) is 0 Å². The van der Waals surface area contributed by atoms with Gasteiger partial charge in [-0.1, -0.05) is 17.4 Å². The van der Waals surface area contributed by atoms with Crippen molar-refractivity contribution in [1.82, 2.24) is 9.88 Å². The van der Waals surface area contributed by atoms with Gasteiger partial charge in [-0.05, 0) is 49.8 Å². The van der Waals surface area contributed by atoms with Crippen LogP contribution in [0.4, 0.5) is 5.13 Å². The molecule has 0 aliphatic carbocycles. The van der Waals surface area contributed by atoms with E-state index >= 15 is 0 Å². The van der Waals surface area contributed by atoms with Crippen LogP contribution < -0.4 is 4.90 Å². The van der Waals surface area contributed by atoms with Crippen molar-refractivity contribution in [3.63, 3.8) is 0 Å². The normalized spacial score (nSPS) is 19.3. The zero-order valence-electron chi connectivity index (χ0n) is 15.7. The molecule has 0 saturated carbocycles. The number of benzene rings is 1. The first-order chi connectivity index (χ1) is 12.6. The van der Waals surface area contributed by atoms with E-state index in [9.17, 15) is 4.79 Å². The standard InChI is InChI=1S/C20H27N3O2S/c1-14-11-15(2)19-17(12-14)26-20(21-19)23-5-3-16(4-6-23)13-18(24)22-7-9-25-10-8-22/h11-12,16H,3-10,13H2,1-2H3. The molecule has 0 unspecified atom stereocenters. The zero-order chi connectivity index (χ0) is 18.1. The molecule has 2 aliphatic heterocycles. The van der Waals surface area contributed by atoms with E-state index in [2.05, 4.69) is 30.9 Å². The number of hydrogen-bond acceptors (Lipinski definition) is 5. The zero-order valence-corrected chi connectivity index (χ0v) is 16.5. The Morgan fingerprint density at radius 1 is 1.19 bits per heavy atom. The topological polar surface area (TPSA) is 45.7 Å². The molecular formula is C20H27N3O2S. The Morgan fingerprint density at radius 2 is 1.92 bits per heavy atom. The van der Waals surface area contributed by atoms with Gasteiger partial charge in [-0.3, -0.25) is 4.79 Å². The largest absolute Gasteiger partial charge is 0.378 e. The third-order valence-corrected chi connectivity index (χ3v) is 6.59. The lowest BCUT2D eigenvalue weighted by molar-refractivity contribution is -0.136. The van der Waals surface area contributed by atoms with Crippen LogP contribution in [-0.2, 0) is 9.53 Å². The summed E-state index contributed by atoms with van der Waals surface area (Å²) in [6.07, 6.45) is 2.83. The minimum atomic E-state index is 0.304. The van der Waals surface area contributed by atoms with E-state index in [4.69, 9.17) is 9.72 Å². The Balaban J connectivity index is 1.36. The molecule has 1 aromatic heterocycles. The van der Waals surface area contributed by atoms with Crippen LogP contribution in [0.3, 0.4) is 0 Å². The number of ether oxygens (including phenoxy) is 1. The Morgan fingerprint density at radius 3 is 2.65 bits per heavy atom. The minimum Gasteiger partial charge on any atom is -0.378 e. The average Bonchev–Trinajstić information content (AvgIpc) is 3.07. The quantitative estimate of drug-likeness (QED) is 0.827. The van der Waals surface area contributed by atoms with E-state index in [0.717, 1.165) is 49.7 Å². The van der Waals surface area contributed by atoms with Crippen LogP contribution in [0.1, 0.15) is 30.4 Å². The molecule has 3 heterocycles. The third kappa shape index (κ3) is 3.71. The summed E-state index contributed by atoms with van der Waals surface area (Å²) in [6.45, 7) is 9.15. The Kier molecular flexibility index (Phi) is 5.14. The van der Waals surface area contributed by atoms with Crippen molar-refractivity contribution in [1.29, 1.82) is 0 Å². The van der Waals surface area contributed by atoms with Crippen LogP contribution >= 0.6 is 11.3 Å². The fourth-order valence-electron chi connectivity index (χ4n) is 4.01. The molecule has 4 rings (SSSR count). The second-order valence-electron chi connectivity index (χ2n) is 7.55. The molecule has 0 radical (unpaired) electrons. The maximum Gasteiger partial charge on any atom is 0.223 e. The number of morpholine rings is 1. The summed E-state index contributed by atoms with van der Waals surface area (Å²) in [7, 11) is 0. The molecule has 1 amide bonds. The number of rotatable bonds is 3. The lowest BCUT2D eigenvalue weighted by Crippen LogP contribution is -2.42. The van der Waals surface area contributed by atoms with E-state index < -0.39 is 0 Å². The first-order valence-corrected chi connectivity index (χ1v) is 10.4. The van der Waals surface area contributed by atoms with Crippen LogP contribution in [0, 0.1) is 19.8 Å². The summed E-state index contributed by atoms with van der Waals surface area (Å²) in [6, 6.07) is 4.44. The highest BCUT2D eigenvalue weighted by atomic mass is 32.1. The van der Waals surface area contributed by atoms with Gasteiger partial charge in [-0.25, -0.2) is 4.98 Å². The van der Waals surface area contributed by atoms with Crippen molar-refractivity contribution in [3.05, 3.63) is 23.3 Å². The number of fused-ring (bicyclic) bond motifs is 1. The number of nitrogens with zero attached hydrogens (tertiary/aromatic N) is 3. The summed E-state index contributed by atoms with van der Waals surface area (Å²) in [5.41, 5.74) is 3.69. The predicted octanol–water partition coefficient (Wildman–Crippen LogP) is 3.38. The molecule has 1 aromatic carbocycles. The smallest absolute Gasteiger partial charge is 0.223 e. The van der Waals surface area contributed by atoms with Gasteiger partial charge in [-0.15, -0.1) is 0 Å². The van der Waals surface area contributed by atoms with Crippen LogP contribution in [0.25, 0.3) is 10.2 Å². The predicted molar refractivity (Wildman–Crippen MR) is 106 cm³/mol. The van der Waals surface area contributed by atoms with E-state index in [0.29, 0.717) is 31.5 Å². The molecular weight excluding hydrogens is 346 g/mol. The van der Waals surface area contributed by atoms with Gasteiger partial charge in [0.25, 0.3) is 0 Å². The Labute approximate surface area is 159 Å². The lowest BCUT2D eigenvalue weighted by Gasteiger charge is -2.33. The van der Waals surface area contributed by atoms with Gasteiger partial charge in [0.05, 0.1) is 23.4 Å². The second kappa shape index (κ2) is 7.53. The molecule has 2 saturated heterocycles. The van der Waals surface area contributed by atoms with Crippen LogP contribution in [0.15, 0.2) is 12.1 Å². The van der Waals surface area contributed by atoms with Gasteiger partial charge in [0.1, 0.15) is 0 Å². The molecule has 26 heavy (non-hydrogen) atoms. The molecule has 140 valence electrons. The molecule has 6 heteroatoms. The number of anilines is 1. The number of thiazole rings is 1. The summed E-state index contributed by atoms with van der Waals surface area (Å²) in [5.74, 6) is 0.804. The average molecular weight is 374 g/mol. The van der Waals surface area contributed by atoms with Crippen molar-refractivity contribution in [2.45, 2.75) is 33.1 Å². The number of carbonyl (C=O) groups excluding carboxylic acids is 1. The van der Waals surface area contributed by atoms with E-state index in [1.54, 1.807) is 11.3 Å². The summed E-state index contributed by atoms with van der Waals surface area (Å²) in [4.78, 5) is 21.7. The third-order valence-electron chi connectivity index (χ3n) is 5.53. The van der Waals surface area contributed by atoms with Crippen molar-refractivity contribution >= 4 is 32.6 Å². The molecule has 2 fully saturated rings. The first kappa shape index (κ1) is 17.7. The van der Waals surface area contributed by atoms with Crippen LogP contribution in [0.2, 0.25) is 0 Å². The summed E-state index contributed by atoms with van der Waals surface area (Å²) < 4.78 is 6.62. The Bertz CT molecular complexity index is 790. The minimum absolute atomic E-state index is 0.304. The van der Waals surface area contributed by atoms with Gasteiger partial charge >= 0.3 is 0 Å². The number of piperidine rings is 1. The number of aromatic nitrogens is 1. The van der Waals surface area contributed by atoms with Gasteiger partial charge in [0.15, 0.2) is 5.13 Å². The van der Waals surface area contributed by atoms with Gasteiger partial charge in [0, 0.05) is 32.6 Å². The molecule has 0 bridgehead atoms. The monoisotopic (exact) mass is 373 g/mol. The number of hydrogen-bond donors (Lipinski definition) is 0. The summed E-state index contributed by atoms with van der Waals surface area (Å²) in [5, 5.41) is 1.13. The molecule has 0 atom stereocenters. The van der Waals surface area contributed by atoms with E-state index in [-0.39, 0.29) is 0 Å². The number of aryl methyl sites for hydroxylation is 2. The van der Waals surface area contributed by atoms with E-state index in [1.165, 1.54) is 15.8 Å². The number of carbonyl (C=O) groups is 1. The molecule has 0 spiro atoms. The SMILES string of the molecule is Cc1cc(C)c2nc(N3CCC(CC(=O)N4CCOCC4)CC3)sc2c1. The van der Waals surface area contributed by atoms with Crippen molar-refractivity contribution < 1.29 is 9.53 Å². The molecule has 2 aromatic rings. The Hall–Kier alpha value is -1.66. The van der Waals surface area contributed by atoms with Crippen molar-refractivity contribution in [2.24, 2.45) is 5.92 Å². The van der Waals surface area contributed by atoms with Crippen LogP contribution in [-0.4, -0.2) is 55.2 Å². The molecule has 2 aliphatic rings. The van der Waals surface area contributed by atoms with Crippen molar-refractivity contribution in [2.75, 3.05) is 44.3 Å². The second-order valence-corrected chi connectivity index (χ2v) is 8.56. The highest BCUT2D eigenvalue weighted by Crippen LogP contribution is 2.34.